The Kier molecular flexibility index (Phi) is 2.92. The van der Waals surface area contributed by atoms with Crippen molar-refractivity contribution in [3.8, 4) is 17.3 Å². The van der Waals surface area contributed by atoms with Gasteiger partial charge in [-0.05, 0) is 18.4 Å². The van der Waals surface area contributed by atoms with Crippen molar-refractivity contribution in [2.45, 2.75) is 6.92 Å². The van der Waals surface area contributed by atoms with E-state index >= 15 is 0 Å². The average Bonchev–Trinajstić information content (AvgIpc) is 3.09. The summed E-state index contributed by atoms with van der Waals surface area (Å²) in [5.74, 6) is 1.57. The van der Waals surface area contributed by atoms with Crippen LogP contribution in [0.2, 0.25) is 0 Å². The first-order valence-electron chi connectivity index (χ1n) is 5.61. The lowest BCUT2D eigenvalue weighted by Gasteiger charge is -2.05. The number of aryl methyl sites for hydroxylation is 1. The fourth-order valence-corrected chi connectivity index (χ4v) is 2.32. The van der Waals surface area contributed by atoms with Gasteiger partial charge in [-0.3, -0.25) is 0 Å². The van der Waals surface area contributed by atoms with Crippen molar-refractivity contribution in [3.63, 3.8) is 0 Å². The Balaban J connectivity index is 2.16. The number of hydrogen-bond donors (Lipinski definition) is 1. The predicted molar refractivity (Wildman–Crippen MR) is 72.3 cm³/mol. The number of thiophene rings is 1. The number of nitrogens with one attached hydrogen (secondary N) is 1. The second-order valence-electron chi connectivity index (χ2n) is 3.76. The summed E-state index contributed by atoms with van der Waals surface area (Å²) >= 11 is 1.66. The number of anilines is 1. The molecule has 0 unspecified atom stereocenters. The minimum absolute atomic E-state index is 0.442. The predicted octanol–water partition coefficient (Wildman–Crippen LogP) is 1.53. The Morgan fingerprint density at radius 1 is 1.26 bits per heavy atom. The molecule has 0 saturated heterocycles. The molecule has 0 aliphatic rings. The fourth-order valence-electron chi connectivity index (χ4n) is 1.63. The zero-order chi connectivity index (χ0) is 13.2. The van der Waals surface area contributed by atoms with E-state index in [4.69, 9.17) is 0 Å². The Morgan fingerprint density at radius 2 is 2.16 bits per heavy atom. The van der Waals surface area contributed by atoms with Crippen LogP contribution < -0.4 is 5.32 Å². The van der Waals surface area contributed by atoms with Crippen molar-refractivity contribution >= 4 is 17.3 Å². The third-order valence-corrected chi connectivity index (χ3v) is 3.42. The Bertz CT molecular complexity index is 689. The highest BCUT2D eigenvalue weighted by atomic mass is 32.1. The molecule has 0 aliphatic carbocycles. The fraction of sp³-hybridized carbons (Fsp3) is 0.182. The Morgan fingerprint density at radius 3 is 2.79 bits per heavy atom. The van der Waals surface area contributed by atoms with Gasteiger partial charge in [-0.2, -0.15) is 24.7 Å². The van der Waals surface area contributed by atoms with Crippen LogP contribution in [0.4, 0.5) is 5.95 Å². The largest absolute Gasteiger partial charge is 0.357 e. The van der Waals surface area contributed by atoms with E-state index in [2.05, 4.69) is 30.4 Å². The minimum Gasteiger partial charge on any atom is -0.357 e. The van der Waals surface area contributed by atoms with Gasteiger partial charge in [-0.1, -0.05) is 0 Å². The van der Waals surface area contributed by atoms with Crippen LogP contribution in [-0.4, -0.2) is 36.8 Å². The molecule has 1 N–H and O–H groups in total. The van der Waals surface area contributed by atoms with Crippen LogP contribution in [-0.2, 0) is 0 Å². The molecule has 0 amide bonds. The molecule has 8 heteroatoms. The summed E-state index contributed by atoms with van der Waals surface area (Å²) in [6, 6.07) is 2.00. The molecular formula is C11H11N7S. The van der Waals surface area contributed by atoms with Gasteiger partial charge in [0.15, 0.2) is 5.82 Å². The number of hydrogen-bond acceptors (Lipinski definition) is 7. The van der Waals surface area contributed by atoms with E-state index in [1.54, 1.807) is 24.7 Å². The van der Waals surface area contributed by atoms with E-state index in [0.717, 1.165) is 10.4 Å². The summed E-state index contributed by atoms with van der Waals surface area (Å²) in [5, 5.41) is 8.98. The third-order valence-electron chi connectivity index (χ3n) is 2.57. The van der Waals surface area contributed by atoms with Gasteiger partial charge in [0.2, 0.25) is 5.95 Å². The Hall–Kier alpha value is -2.35. The quantitative estimate of drug-likeness (QED) is 0.779. The molecule has 0 fully saturated rings. The second kappa shape index (κ2) is 4.73. The highest BCUT2D eigenvalue weighted by Crippen LogP contribution is 2.25. The van der Waals surface area contributed by atoms with Crippen molar-refractivity contribution in [2.75, 3.05) is 12.4 Å². The lowest BCUT2D eigenvalue weighted by atomic mass is 10.2. The van der Waals surface area contributed by atoms with Crippen LogP contribution >= 0.6 is 11.3 Å². The maximum absolute atomic E-state index is 4.43. The van der Waals surface area contributed by atoms with Gasteiger partial charge in [-0.15, -0.1) is 11.3 Å². The molecule has 96 valence electrons. The highest BCUT2D eigenvalue weighted by molar-refractivity contribution is 7.10. The molecule has 0 radical (unpaired) electrons. The minimum atomic E-state index is 0.442. The molecule has 3 aromatic heterocycles. The number of rotatable bonds is 3. The molecule has 0 aromatic carbocycles. The van der Waals surface area contributed by atoms with Gasteiger partial charge >= 0.3 is 0 Å². The van der Waals surface area contributed by atoms with Crippen LogP contribution in [0.3, 0.4) is 0 Å². The first kappa shape index (κ1) is 11.7. The van der Waals surface area contributed by atoms with E-state index < -0.39 is 0 Å². The lowest BCUT2D eigenvalue weighted by Crippen LogP contribution is -2.08. The van der Waals surface area contributed by atoms with Crippen LogP contribution in [0, 0.1) is 6.92 Å². The van der Waals surface area contributed by atoms with Crippen molar-refractivity contribution in [3.05, 3.63) is 29.0 Å². The van der Waals surface area contributed by atoms with Gasteiger partial charge in [0.05, 0.1) is 0 Å². The summed E-state index contributed by atoms with van der Waals surface area (Å²) < 4.78 is 1.51. The van der Waals surface area contributed by atoms with Crippen molar-refractivity contribution in [1.82, 2.24) is 29.7 Å². The van der Waals surface area contributed by atoms with Gasteiger partial charge in [0.1, 0.15) is 12.7 Å². The molecule has 3 rings (SSSR count). The van der Waals surface area contributed by atoms with E-state index in [1.807, 2.05) is 18.4 Å². The standard InChI is InChI=1S/C11H11N7S/c1-7-8(3-4-19-7)9-15-10(12-2)17-11(16-9)18-6-13-5-14-18/h3-6H,1-2H3,(H,12,15,16,17). The van der Waals surface area contributed by atoms with E-state index in [0.29, 0.717) is 17.7 Å². The third kappa shape index (κ3) is 2.17. The molecular weight excluding hydrogens is 262 g/mol. The SMILES string of the molecule is CNc1nc(-c2ccsc2C)nc(-n2cncn2)n1. The van der Waals surface area contributed by atoms with Gasteiger partial charge < -0.3 is 5.32 Å². The summed E-state index contributed by atoms with van der Waals surface area (Å²) in [6.07, 6.45) is 3.00. The number of aromatic nitrogens is 6. The van der Waals surface area contributed by atoms with Gasteiger partial charge in [-0.25, -0.2) is 4.98 Å². The summed E-state index contributed by atoms with van der Waals surface area (Å²) in [7, 11) is 1.77. The smallest absolute Gasteiger partial charge is 0.257 e. The second-order valence-corrected chi connectivity index (χ2v) is 4.88. The monoisotopic (exact) mass is 273 g/mol. The van der Waals surface area contributed by atoms with Gasteiger partial charge in [0.25, 0.3) is 5.95 Å². The summed E-state index contributed by atoms with van der Waals surface area (Å²) in [4.78, 5) is 18.1. The molecule has 0 saturated carbocycles. The first-order valence-corrected chi connectivity index (χ1v) is 6.49. The molecule has 3 heterocycles. The van der Waals surface area contributed by atoms with Crippen molar-refractivity contribution < 1.29 is 0 Å². The van der Waals surface area contributed by atoms with Crippen LogP contribution in [0.1, 0.15) is 4.88 Å². The van der Waals surface area contributed by atoms with Crippen LogP contribution in [0.25, 0.3) is 17.3 Å². The average molecular weight is 273 g/mol. The van der Waals surface area contributed by atoms with Gasteiger partial charge in [0, 0.05) is 17.5 Å². The van der Waals surface area contributed by atoms with Crippen LogP contribution in [0.15, 0.2) is 24.1 Å². The molecule has 3 aromatic rings. The zero-order valence-corrected chi connectivity index (χ0v) is 11.2. The van der Waals surface area contributed by atoms with Crippen molar-refractivity contribution in [2.24, 2.45) is 0 Å². The zero-order valence-electron chi connectivity index (χ0n) is 10.4. The maximum atomic E-state index is 4.43. The first-order chi connectivity index (χ1) is 9.28. The summed E-state index contributed by atoms with van der Waals surface area (Å²) in [5.41, 5.74) is 1.00. The molecule has 0 bridgehead atoms. The summed E-state index contributed by atoms with van der Waals surface area (Å²) in [6.45, 7) is 2.04. The molecule has 0 aliphatic heterocycles. The highest BCUT2D eigenvalue weighted by Gasteiger charge is 2.12. The Labute approximate surface area is 113 Å². The van der Waals surface area contributed by atoms with Crippen LogP contribution in [0.5, 0.6) is 0 Å². The van der Waals surface area contributed by atoms with E-state index in [9.17, 15) is 0 Å². The number of nitrogens with zero attached hydrogens (tertiary/aromatic N) is 6. The molecule has 7 nitrogen and oxygen atoms in total. The molecule has 19 heavy (non-hydrogen) atoms. The molecule has 0 atom stereocenters. The molecule has 0 spiro atoms. The van der Waals surface area contributed by atoms with E-state index in [-0.39, 0.29) is 0 Å². The topological polar surface area (TPSA) is 81.4 Å². The van der Waals surface area contributed by atoms with Crippen molar-refractivity contribution in [1.29, 1.82) is 0 Å². The maximum Gasteiger partial charge on any atom is 0.257 e. The lowest BCUT2D eigenvalue weighted by molar-refractivity contribution is 0.798. The normalized spacial score (nSPS) is 10.6. The van der Waals surface area contributed by atoms with E-state index in [1.165, 1.54) is 11.0 Å².